The number of carbonyl (C=O) groups excluding carboxylic acids is 1. The van der Waals surface area contributed by atoms with Crippen LogP contribution in [0.1, 0.15) is 41.7 Å². The molecule has 1 fully saturated rings. The number of hydrogen-bond donors (Lipinski definition) is 2. The largest absolute Gasteiger partial charge is 0.394 e. The van der Waals surface area contributed by atoms with Crippen LogP contribution in [0.25, 0.3) is 5.69 Å². The summed E-state index contributed by atoms with van der Waals surface area (Å²) in [5.41, 5.74) is 0.734. The fraction of sp³-hybridized carbons (Fsp3) is 0.412. The molecule has 122 valence electrons. The van der Waals surface area contributed by atoms with Gasteiger partial charge in [0.1, 0.15) is 11.5 Å². The quantitative estimate of drug-likeness (QED) is 0.909. The highest BCUT2D eigenvalue weighted by molar-refractivity contribution is 5.95. The van der Waals surface area contributed by atoms with Gasteiger partial charge in [-0.15, -0.1) is 0 Å². The van der Waals surface area contributed by atoms with Gasteiger partial charge >= 0.3 is 0 Å². The topological polar surface area (TPSA) is 67.2 Å². The van der Waals surface area contributed by atoms with Crippen LogP contribution >= 0.6 is 0 Å². The average molecular weight is 317 g/mol. The zero-order valence-electron chi connectivity index (χ0n) is 13.1. The van der Waals surface area contributed by atoms with Gasteiger partial charge in [0.15, 0.2) is 0 Å². The van der Waals surface area contributed by atoms with Gasteiger partial charge in [0.25, 0.3) is 5.91 Å². The number of para-hydroxylation sites is 1. The molecule has 1 saturated carbocycles. The lowest BCUT2D eigenvalue weighted by Gasteiger charge is -2.27. The van der Waals surface area contributed by atoms with E-state index in [0.29, 0.717) is 16.9 Å². The number of aromatic nitrogens is 2. The van der Waals surface area contributed by atoms with E-state index in [-0.39, 0.29) is 12.5 Å². The first-order valence-electron chi connectivity index (χ1n) is 7.79. The first kappa shape index (κ1) is 15.7. The lowest BCUT2D eigenvalue weighted by Crippen LogP contribution is -2.49. The Balaban J connectivity index is 1.87. The van der Waals surface area contributed by atoms with E-state index in [0.717, 1.165) is 25.7 Å². The minimum absolute atomic E-state index is 0.0702. The first-order chi connectivity index (χ1) is 11.1. The van der Waals surface area contributed by atoms with E-state index in [1.807, 2.05) is 0 Å². The van der Waals surface area contributed by atoms with Crippen LogP contribution in [-0.2, 0) is 0 Å². The normalized spacial score (nSPS) is 16.5. The molecule has 0 saturated heterocycles. The SMILES string of the molecule is Cc1c(C(=O)NC2(CO)CCCC2)cnn1-c1ccccc1F. The molecule has 2 aromatic rings. The van der Waals surface area contributed by atoms with E-state index in [2.05, 4.69) is 10.4 Å². The molecule has 1 heterocycles. The third kappa shape index (κ3) is 2.86. The molecule has 2 N–H and O–H groups in total. The van der Waals surface area contributed by atoms with Crippen molar-refractivity contribution in [3.63, 3.8) is 0 Å². The van der Waals surface area contributed by atoms with Crippen molar-refractivity contribution in [3.8, 4) is 5.69 Å². The van der Waals surface area contributed by atoms with E-state index in [9.17, 15) is 14.3 Å². The third-order valence-corrected chi connectivity index (χ3v) is 4.58. The van der Waals surface area contributed by atoms with Gasteiger partial charge in [0, 0.05) is 0 Å². The number of rotatable bonds is 4. The molecule has 23 heavy (non-hydrogen) atoms. The Hall–Kier alpha value is -2.21. The van der Waals surface area contributed by atoms with Gasteiger partial charge in [-0.05, 0) is 31.9 Å². The van der Waals surface area contributed by atoms with Crippen molar-refractivity contribution < 1.29 is 14.3 Å². The second-order valence-corrected chi connectivity index (χ2v) is 6.11. The maximum Gasteiger partial charge on any atom is 0.255 e. The Morgan fingerprint density at radius 2 is 2.09 bits per heavy atom. The Labute approximate surface area is 134 Å². The number of benzene rings is 1. The fourth-order valence-electron chi connectivity index (χ4n) is 3.18. The lowest BCUT2D eigenvalue weighted by molar-refractivity contribution is 0.0838. The molecule has 1 aromatic heterocycles. The minimum atomic E-state index is -0.538. The molecule has 0 bridgehead atoms. The highest BCUT2D eigenvalue weighted by atomic mass is 19.1. The van der Waals surface area contributed by atoms with Crippen LogP contribution in [0.5, 0.6) is 0 Å². The summed E-state index contributed by atoms with van der Waals surface area (Å²) in [6.45, 7) is 1.66. The molecule has 0 spiro atoms. The monoisotopic (exact) mass is 317 g/mol. The summed E-state index contributed by atoms with van der Waals surface area (Å²) in [5, 5.41) is 16.7. The van der Waals surface area contributed by atoms with Crippen molar-refractivity contribution in [1.29, 1.82) is 0 Å². The van der Waals surface area contributed by atoms with E-state index in [1.165, 1.54) is 16.9 Å². The molecule has 0 radical (unpaired) electrons. The van der Waals surface area contributed by atoms with Crippen LogP contribution < -0.4 is 5.32 Å². The fourth-order valence-corrected chi connectivity index (χ4v) is 3.18. The molecule has 3 rings (SSSR count). The zero-order valence-corrected chi connectivity index (χ0v) is 13.1. The van der Waals surface area contributed by atoms with Crippen LogP contribution in [-0.4, -0.2) is 32.9 Å². The number of amides is 1. The maximum atomic E-state index is 13.9. The van der Waals surface area contributed by atoms with E-state index >= 15 is 0 Å². The number of aliphatic hydroxyl groups excluding tert-OH is 1. The van der Waals surface area contributed by atoms with Crippen molar-refractivity contribution in [1.82, 2.24) is 15.1 Å². The van der Waals surface area contributed by atoms with Crippen molar-refractivity contribution >= 4 is 5.91 Å². The van der Waals surface area contributed by atoms with Gasteiger partial charge in [-0.25, -0.2) is 9.07 Å². The molecule has 0 unspecified atom stereocenters. The summed E-state index contributed by atoms with van der Waals surface area (Å²) in [6.07, 6.45) is 4.98. The lowest BCUT2D eigenvalue weighted by atomic mass is 9.98. The van der Waals surface area contributed by atoms with Gasteiger partial charge in [-0.1, -0.05) is 25.0 Å². The Bertz CT molecular complexity index is 720. The summed E-state index contributed by atoms with van der Waals surface area (Å²) < 4.78 is 15.3. The van der Waals surface area contributed by atoms with Crippen LogP contribution in [0.3, 0.4) is 0 Å². The van der Waals surface area contributed by atoms with Crippen molar-refractivity contribution in [2.24, 2.45) is 0 Å². The molecule has 1 aromatic carbocycles. The van der Waals surface area contributed by atoms with Gasteiger partial charge in [0.2, 0.25) is 0 Å². The molecular weight excluding hydrogens is 297 g/mol. The molecular formula is C17H20FN3O2. The maximum absolute atomic E-state index is 13.9. The molecule has 0 atom stereocenters. The van der Waals surface area contributed by atoms with Crippen LogP contribution in [0.4, 0.5) is 4.39 Å². The summed E-state index contributed by atoms with van der Waals surface area (Å²) in [6, 6.07) is 6.30. The molecule has 5 nitrogen and oxygen atoms in total. The predicted octanol–water partition coefficient (Wildman–Crippen LogP) is 2.35. The zero-order chi connectivity index (χ0) is 16.4. The van der Waals surface area contributed by atoms with E-state index < -0.39 is 11.4 Å². The molecule has 6 heteroatoms. The number of hydrogen-bond acceptors (Lipinski definition) is 3. The number of aliphatic hydroxyl groups is 1. The van der Waals surface area contributed by atoms with Crippen LogP contribution in [0.15, 0.2) is 30.5 Å². The summed E-state index contributed by atoms with van der Waals surface area (Å²) in [7, 11) is 0. The van der Waals surface area contributed by atoms with Crippen molar-refractivity contribution in [2.75, 3.05) is 6.61 Å². The molecule has 1 aliphatic carbocycles. The Morgan fingerprint density at radius 3 is 2.74 bits per heavy atom. The Kier molecular flexibility index (Phi) is 4.17. The standard InChI is InChI=1S/C17H20FN3O2/c1-12-13(16(23)20-17(11-22)8-4-5-9-17)10-19-21(12)15-7-3-2-6-14(15)18/h2-3,6-7,10,22H,4-5,8-9,11H2,1H3,(H,20,23). The average Bonchev–Trinajstić information content (AvgIpc) is 3.15. The summed E-state index contributed by atoms with van der Waals surface area (Å²) in [5.74, 6) is -0.672. The smallest absolute Gasteiger partial charge is 0.255 e. The molecule has 0 aliphatic heterocycles. The number of halogens is 1. The van der Waals surface area contributed by atoms with Crippen molar-refractivity contribution in [3.05, 3.63) is 47.5 Å². The number of nitrogens with zero attached hydrogens (tertiary/aromatic N) is 2. The molecule has 1 amide bonds. The van der Waals surface area contributed by atoms with Crippen LogP contribution in [0.2, 0.25) is 0 Å². The summed E-state index contributed by atoms with van der Waals surface area (Å²) in [4.78, 5) is 12.5. The highest BCUT2D eigenvalue weighted by Gasteiger charge is 2.35. The van der Waals surface area contributed by atoms with E-state index in [1.54, 1.807) is 25.1 Å². The Morgan fingerprint density at radius 1 is 1.39 bits per heavy atom. The summed E-state index contributed by atoms with van der Waals surface area (Å²) >= 11 is 0. The van der Waals surface area contributed by atoms with Gasteiger partial charge in [-0.2, -0.15) is 5.10 Å². The molecule has 1 aliphatic rings. The second kappa shape index (κ2) is 6.12. The third-order valence-electron chi connectivity index (χ3n) is 4.58. The minimum Gasteiger partial charge on any atom is -0.394 e. The second-order valence-electron chi connectivity index (χ2n) is 6.11. The predicted molar refractivity (Wildman–Crippen MR) is 84.0 cm³/mol. The van der Waals surface area contributed by atoms with Gasteiger partial charge in [0.05, 0.1) is 29.6 Å². The van der Waals surface area contributed by atoms with Gasteiger partial charge in [-0.3, -0.25) is 4.79 Å². The number of nitrogens with one attached hydrogen (secondary N) is 1. The van der Waals surface area contributed by atoms with Gasteiger partial charge < -0.3 is 10.4 Å². The van der Waals surface area contributed by atoms with Crippen LogP contribution in [0, 0.1) is 12.7 Å². The first-order valence-corrected chi connectivity index (χ1v) is 7.79. The highest BCUT2D eigenvalue weighted by Crippen LogP contribution is 2.29. The van der Waals surface area contributed by atoms with Crippen molar-refractivity contribution in [2.45, 2.75) is 38.1 Å². The van der Waals surface area contributed by atoms with E-state index in [4.69, 9.17) is 0 Å². The number of carbonyl (C=O) groups is 1.